The number of aromatic nitrogens is 2. The first-order valence-corrected chi connectivity index (χ1v) is 18.6. The summed E-state index contributed by atoms with van der Waals surface area (Å²) in [5, 5.41) is 50.5. The molecule has 0 bridgehead atoms. The van der Waals surface area contributed by atoms with Gasteiger partial charge in [0.15, 0.2) is 12.5 Å². The molecule has 4 rings (SSSR count). The summed E-state index contributed by atoms with van der Waals surface area (Å²) < 4.78 is 59.1. The molecule has 0 aliphatic carbocycles. The van der Waals surface area contributed by atoms with Crippen LogP contribution in [0.1, 0.15) is 12.6 Å². The van der Waals surface area contributed by atoms with Crippen molar-refractivity contribution in [3.05, 3.63) is 33.1 Å². The smallest absolute Gasteiger partial charge is 0.330 e. The van der Waals surface area contributed by atoms with E-state index in [0.29, 0.717) is 11.2 Å². The van der Waals surface area contributed by atoms with Crippen LogP contribution in [-0.4, -0.2) is 152 Å². The van der Waals surface area contributed by atoms with E-state index in [0.717, 1.165) is 28.9 Å². The van der Waals surface area contributed by atoms with Crippen molar-refractivity contribution in [2.24, 2.45) is 0 Å². The van der Waals surface area contributed by atoms with Crippen molar-refractivity contribution in [2.45, 2.75) is 66.9 Å². The lowest BCUT2D eigenvalue weighted by Gasteiger charge is -2.42. The highest BCUT2D eigenvalue weighted by atomic mass is 32.2. The minimum absolute atomic E-state index is 0.0251. The quantitative estimate of drug-likeness (QED) is 0.0488. The van der Waals surface area contributed by atoms with Crippen molar-refractivity contribution in [3.8, 4) is 0 Å². The number of aliphatic hydroxyl groups is 5. The number of phosphoric ester groups is 2. The Morgan fingerprint density at radius 3 is 2.32 bits per heavy atom. The van der Waals surface area contributed by atoms with Gasteiger partial charge in [-0.15, -0.1) is 11.8 Å². The second-order valence-corrected chi connectivity index (χ2v) is 15.1. The number of nitrogens with one attached hydrogen (secondary N) is 1. The van der Waals surface area contributed by atoms with Gasteiger partial charge in [0.1, 0.15) is 36.6 Å². The molecular weight excluding hydrogens is 744 g/mol. The number of phosphoric acid groups is 2. The summed E-state index contributed by atoms with van der Waals surface area (Å²) >= 11 is 0.826. The van der Waals surface area contributed by atoms with Crippen LogP contribution in [0.5, 0.6) is 0 Å². The maximum absolute atomic E-state index is 12.7. The maximum atomic E-state index is 12.7. The van der Waals surface area contributed by atoms with E-state index in [4.69, 9.17) is 18.9 Å². The van der Waals surface area contributed by atoms with Gasteiger partial charge < -0.3 is 58.8 Å². The average molecular weight is 780 g/mol. The SMILES string of the molecule is COCCOCCN1C(=O)CC(SCC2OC(OP(=O)([O-])OP(=O)([O-])OC[C@H]3O[C@@H](n4ccc(=O)[nH]c4=O)C(O)[C@H]3O)C(O)[C@@H](O)[C@H]2O)C1=O. The standard InChI is InChI=1S/C24H37N3O20P2S/c1-41-6-7-42-5-4-26-15(29)8-13(21(26)35)50-10-12-17(31)18(32)20(34)23(45-12)46-49(39,40)47-48(37,38)43-9-11-16(30)19(33)22(44-11)27-3-2-14(28)25-24(27)36/h2-3,11-13,16-20,22-23,30-34H,4-10H2,1H3,(H,37,38)(H,39,40)(H,25,28,36)/p-2/t11-,12?,13?,16+,17+,18+,19?,20?,22-,23?/m1/s1. The zero-order valence-electron chi connectivity index (χ0n) is 25.9. The molecule has 50 heavy (non-hydrogen) atoms. The molecule has 0 spiro atoms. The molecule has 3 aliphatic heterocycles. The Morgan fingerprint density at radius 1 is 0.940 bits per heavy atom. The number of methoxy groups -OCH3 is 1. The van der Waals surface area contributed by atoms with Crippen LogP contribution >= 0.6 is 27.4 Å². The predicted molar refractivity (Wildman–Crippen MR) is 158 cm³/mol. The van der Waals surface area contributed by atoms with Gasteiger partial charge in [-0.2, -0.15) is 0 Å². The van der Waals surface area contributed by atoms with Crippen molar-refractivity contribution < 1.29 is 86.3 Å². The summed E-state index contributed by atoms with van der Waals surface area (Å²) in [4.78, 5) is 76.1. The number of ether oxygens (including phenoxy) is 4. The second-order valence-electron chi connectivity index (χ2n) is 11.0. The fourth-order valence-electron chi connectivity index (χ4n) is 4.95. The number of hydrogen-bond acceptors (Lipinski definition) is 21. The van der Waals surface area contributed by atoms with Crippen LogP contribution in [-0.2, 0) is 51.0 Å². The van der Waals surface area contributed by atoms with Crippen molar-refractivity contribution in [2.75, 3.05) is 45.8 Å². The van der Waals surface area contributed by atoms with Gasteiger partial charge in [-0.1, -0.05) is 0 Å². The number of nitrogens with zero attached hydrogens (tertiary/aromatic N) is 2. The monoisotopic (exact) mass is 779 g/mol. The van der Waals surface area contributed by atoms with Crippen LogP contribution in [0.4, 0.5) is 0 Å². The zero-order valence-corrected chi connectivity index (χ0v) is 28.5. The molecule has 0 saturated carbocycles. The number of aliphatic hydroxyl groups excluding tert-OH is 5. The van der Waals surface area contributed by atoms with Crippen LogP contribution in [0.15, 0.2) is 21.9 Å². The number of H-pyrrole nitrogens is 1. The number of hydrogen-bond donors (Lipinski definition) is 6. The highest BCUT2D eigenvalue weighted by Gasteiger charge is 2.48. The molecule has 12 atom stereocenters. The van der Waals surface area contributed by atoms with Crippen LogP contribution in [0.2, 0.25) is 0 Å². The number of carbonyl (C=O) groups excluding carboxylic acids is 2. The Balaban J connectivity index is 1.30. The maximum Gasteiger partial charge on any atom is 0.330 e. The van der Waals surface area contributed by atoms with E-state index in [-0.39, 0.29) is 31.9 Å². The molecule has 284 valence electrons. The molecule has 7 unspecified atom stereocenters. The molecule has 26 heteroatoms. The number of amides is 2. The Bertz CT molecular complexity index is 1560. The van der Waals surface area contributed by atoms with Crippen molar-refractivity contribution in [1.29, 1.82) is 0 Å². The topological polar surface area (TPSA) is 338 Å². The van der Waals surface area contributed by atoms with E-state index >= 15 is 0 Å². The van der Waals surface area contributed by atoms with E-state index in [1.165, 1.54) is 7.11 Å². The third-order valence-electron chi connectivity index (χ3n) is 7.52. The van der Waals surface area contributed by atoms with Crippen LogP contribution in [0.3, 0.4) is 0 Å². The molecule has 6 N–H and O–H groups in total. The molecular formula is C24H35N3O20P2S-2. The minimum atomic E-state index is -6.03. The number of aromatic amines is 1. The van der Waals surface area contributed by atoms with Crippen molar-refractivity contribution >= 4 is 39.2 Å². The fraction of sp³-hybridized carbons (Fsp3) is 0.750. The van der Waals surface area contributed by atoms with E-state index in [1.54, 1.807) is 0 Å². The van der Waals surface area contributed by atoms with Gasteiger partial charge in [-0.05, 0) is 0 Å². The average Bonchev–Trinajstić information content (AvgIpc) is 3.47. The van der Waals surface area contributed by atoms with Gasteiger partial charge in [0, 0.05) is 31.5 Å². The molecule has 3 aliphatic rings. The Kier molecular flexibility index (Phi) is 14.1. The first-order valence-electron chi connectivity index (χ1n) is 14.7. The molecule has 2 amide bonds. The molecule has 1 aromatic rings. The Labute approximate surface area is 285 Å². The lowest BCUT2D eigenvalue weighted by molar-refractivity contribution is -0.298. The highest BCUT2D eigenvalue weighted by Crippen LogP contribution is 2.57. The fourth-order valence-corrected chi connectivity index (χ4v) is 8.26. The number of imide groups is 1. The second kappa shape index (κ2) is 17.3. The largest absolute Gasteiger partial charge is 0.756 e. The third kappa shape index (κ3) is 10.1. The summed E-state index contributed by atoms with van der Waals surface area (Å²) in [5.41, 5.74) is -1.81. The zero-order chi connectivity index (χ0) is 37.0. The predicted octanol–water partition coefficient (Wildman–Crippen LogP) is -5.53. The van der Waals surface area contributed by atoms with Gasteiger partial charge >= 0.3 is 5.69 Å². The van der Waals surface area contributed by atoms with Gasteiger partial charge in [0.05, 0.1) is 44.3 Å². The molecule has 0 aromatic carbocycles. The molecule has 23 nitrogen and oxygen atoms in total. The van der Waals surface area contributed by atoms with Crippen LogP contribution in [0.25, 0.3) is 0 Å². The summed E-state index contributed by atoms with van der Waals surface area (Å²) in [6.07, 6.45) is -16.3. The van der Waals surface area contributed by atoms with Gasteiger partial charge in [-0.25, -0.2) is 9.11 Å². The van der Waals surface area contributed by atoms with Crippen molar-refractivity contribution in [3.63, 3.8) is 0 Å². The molecule has 3 fully saturated rings. The number of likely N-dealkylation sites (tertiary alicyclic amines) is 1. The first-order chi connectivity index (χ1) is 23.4. The van der Waals surface area contributed by atoms with E-state index < -0.39 is 106 Å². The third-order valence-corrected chi connectivity index (χ3v) is 11.3. The summed E-state index contributed by atoms with van der Waals surface area (Å²) in [5.74, 6) is -1.39. The van der Waals surface area contributed by atoms with E-state index in [1.807, 2.05) is 4.98 Å². The van der Waals surface area contributed by atoms with Gasteiger partial charge in [-0.3, -0.25) is 42.5 Å². The molecule has 4 heterocycles. The summed E-state index contributed by atoms with van der Waals surface area (Å²) in [6, 6.07) is 0.906. The Morgan fingerprint density at radius 2 is 1.64 bits per heavy atom. The van der Waals surface area contributed by atoms with Crippen LogP contribution < -0.4 is 21.0 Å². The van der Waals surface area contributed by atoms with Crippen molar-refractivity contribution in [1.82, 2.24) is 14.5 Å². The van der Waals surface area contributed by atoms with E-state index in [2.05, 4.69) is 13.4 Å². The molecule has 0 radical (unpaired) electrons. The van der Waals surface area contributed by atoms with Gasteiger partial charge in [0.2, 0.25) is 11.8 Å². The minimum Gasteiger partial charge on any atom is -0.756 e. The normalized spacial score (nSPS) is 34.2. The molecule has 3 saturated heterocycles. The first kappa shape index (κ1) is 40.8. The number of carbonyl (C=O) groups is 2. The number of thioether (sulfide) groups is 1. The lowest BCUT2D eigenvalue weighted by Crippen LogP contribution is -2.59. The lowest BCUT2D eigenvalue weighted by atomic mass is 10.0. The molecule has 1 aromatic heterocycles. The number of rotatable bonds is 17. The Hall–Kier alpha value is -1.93. The highest BCUT2D eigenvalue weighted by molar-refractivity contribution is 8.00. The summed E-state index contributed by atoms with van der Waals surface area (Å²) in [7, 11) is -10.4. The van der Waals surface area contributed by atoms with Gasteiger partial charge in [0.25, 0.3) is 21.2 Å². The summed E-state index contributed by atoms with van der Waals surface area (Å²) in [6.45, 7) is -0.558. The van der Waals surface area contributed by atoms with Crippen LogP contribution in [0, 0.1) is 0 Å². The van der Waals surface area contributed by atoms with E-state index in [9.17, 15) is 63.6 Å².